The summed E-state index contributed by atoms with van der Waals surface area (Å²) in [6.07, 6.45) is 5.84. The van der Waals surface area contributed by atoms with E-state index in [1.54, 1.807) is 24.0 Å². The van der Waals surface area contributed by atoms with Gasteiger partial charge in [-0.05, 0) is 92.3 Å². The molecule has 2 aromatic carbocycles. The summed E-state index contributed by atoms with van der Waals surface area (Å²) in [7, 11) is 0. The second-order valence-corrected chi connectivity index (χ2v) is 17.4. The molecule has 0 unspecified atom stereocenters. The van der Waals surface area contributed by atoms with Crippen molar-refractivity contribution in [3.8, 4) is 11.3 Å². The first-order chi connectivity index (χ1) is 29.8. The van der Waals surface area contributed by atoms with Crippen LogP contribution in [-0.2, 0) is 10.2 Å². The van der Waals surface area contributed by atoms with Crippen LogP contribution in [0.1, 0.15) is 80.6 Å². The lowest BCUT2D eigenvalue weighted by atomic mass is 9.95. The number of aryl methyl sites for hydroxylation is 1. The van der Waals surface area contributed by atoms with Crippen molar-refractivity contribution in [3.05, 3.63) is 95.8 Å². The lowest BCUT2D eigenvalue weighted by Crippen LogP contribution is -2.49. The van der Waals surface area contributed by atoms with Crippen LogP contribution in [0, 0.1) is 18.7 Å². The molecule has 3 aromatic heterocycles. The number of rotatable bonds is 11. The topological polar surface area (TPSA) is 178 Å². The summed E-state index contributed by atoms with van der Waals surface area (Å²) < 4.78 is 20.8. The van der Waals surface area contributed by atoms with Gasteiger partial charge in [0.1, 0.15) is 23.8 Å². The molecule has 3 aliphatic rings. The highest BCUT2D eigenvalue weighted by Crippen LogP contribution is 2.31. The van der Waals surface area contributed by atoms with E-state index in [1.165, 1.54) is 12.4 Å². The largest absolute Gasteiger partial charge is 0.372 e. The van der Waals surface area contributed by atoms with Gasteiger partial charge in [-0.2, -0.15) is 4.98 Å². The van der Waals surface area contributed by atoms with Gasteiger partial charge in [0.05, 0.1) is 23.6 Å². The van der Waals surface area contributed by atoms with Crippen molar-refractivity contribution in [2.75, 3.05) is 72.4 Å². The Balaban J connectivity index is 0.795. The molecule has 0 spiro atoms. The van der Waals surface area contributed by atoms with E-state index < -0.39 is 17.8 Å². The van der Waals surface area contributed by atoms with Gasteiger partial charge in [0.25, 0.3) is 0 Å². The fraction of sp³-hybridized carbons (Fsp3) is 0.422. The number of hydrogen-bond donors (Lipinski definition) is 3. The highest BCUT2D eigenvalue weighted by molar-refractivity contribution is 6.05. The number of carbonyl (C=O) groups is 3. The normalized spacial score (nSPS) is 17.2. The van der Waals surface area contributed by atoms with Crippen molar-refractivity contribution in [2.45, 2.75) is 65.3 Å². The van der Waals surface area contributed by atoms with Gasteiger partial charge in [-0.3, -0.25) is 24.7 Å². The van der Waals surface area contributed by atoms with Crippen LogP contribution >= 0.6 is 0 Å². The van der Waals surface area contributed by atoms with Crippen LogP contribution in [-0.4, -0.2) is 100 Å². The minimum atomic E-state index is -0.533. The molecule has 17 heteroatoms. The van der Waals surface area contributed by atoms with E-state index in [-0.39, 0.29) is 23.2 Å². The zero-order valence-electron chi connectivity index (χ0n) is 35.8. The Morgan fingerprint density at radius 2 is 1.60 bits per heavy atom. The van der Waals surface area contributed by atoms with Crippen LogP contribution in [0.3, 0.4) is 0 Å². The Morgan fingerprint density at radius 1 is 0.887 bits per heavy atom. The Kier molecular flexibility index (Phi) is 12.2. The fourth-order valence-corrected chi connectivity index (χ4v) is 8.25. The third-order valence-corrected chi connectivity index (χ3v) is 11.9. The minimum Gasteiger partial charge on any atom is -0.372 e. The summed E-state index contributed by atoms with van der Waals surface area (Å²) in [5.74, 6) is 0.775. The smallest absolute Gasteiger partial charge is 0.328 e. The lowest BCUT2D eigenvalue weighted by Gasteiger charge is -2.40. The third-order valence-electron chi connectivity index (χ3n) is 11.9. The number of amides is 4. The van der Waals surface area contributed by atoms with Gasteiger partial charge < -0.3 is 25.0 Å². The number of nitrogens with zero attached hydrogens (tertiary/aromatic N) is 9. The SMILES string of the molecule is Cc1cc(-c2cc(Nc3ccc(N4CCN(CC5CCN(c6ccc(N7CCC(=O)NC7=O)cc6)CC5)CC4)cn3)ncn2)c(F)cc1[C@@H](C)NC(=O)c1nc(C(C)(C)C)no1. The van der Waals surface area contributed by atoms with Gasteiger partial charge in [-0.15, -0.1) is 0 Å². The molecule has 3 aliphatic heterocycles. The zero-order chi connectivity index (χ0) is 43.5. The molecule has 324 valence electrons. The Bertz CT molecular complexity index is 2400. The molecule has 5 aromatic rings. The third kappa shape index (κ3) is 9.67. The molecule has 8 rings (SSSR count). The number of urea groups is 1. The molecule has 0 aliphatic carbocycles. The van der Waals surface area contributed by atoms with Crippen LogP contribution in [0.5, 0.6) is 0 Å². The standard InChI is InChI=1S/C45H53FN12O4/c1-28-22-35(36(46)23-34(28)29(2)50-41(60)42-53-43(54-62-42)45(3,4)5)37-24-39(49-27-48-37)51-38-11-10-33(25-47-38)57-20-18-55(19-21-57)26-30-12-15-56(16-13-30)31-6-8-32(9-7-31)58-17-14-40(59)52-44(58)61/h6-11,22-25,27,29-30H,12-21,26H2,1-5H3,(H,50,60)(H,52,59,61)(H,47,48,49,51)/t29-/m1/s1. The number of anilines is 5. The lowest BCUT2D eigenvalue weighted by molar-refractivity contribution is -0.120. The molecule has 3 N–H and O–H groups in total. The summed E-state index contributed by atoms with van der Waals surface area (Å²) in [5.41, 5.74) is 4.74. The molecule has 0 saturated carbocycles. The fourth-order valence-electron chi connectivity index (χ4n) is 8.25. The van der Waals surface area contributed by atoms with E-state index in [2.05, 4.69) is 73.9 Å². The van der Waals surface area contributed by atoms with E-state index >= 15 is 4.39 Å². The van der Waals surface area contributed by atoms with Crippen LogP contribution < -0.4 is 30.7 Å². The summed E-state index contributed by atoms with van der Waals surface area (Å²) in [6.45, 7) is 16.7. The summed E-state index contributed by atoms with van der Waals surface area (Å²) in [4.78, 5) is 63.2. The number of hydrogen-bond acceptors (Lipinski definition) is 13. The van der Waals surface area contributed by atoms with E-state index in [0.717, 1.165) is 81.3 Å². The van der Waals surface area contributed by atoms with Crippen molar-refractivity contribution < 1.29 is 23.3 Å². The van der Waals surface area contributed by atoms with Crippen LogP contribution in [0.15, 0.2) is 71.6 Å². The number of pyridine rings is 1. The maximum Gasteiger partial charge on any atom is 0.328 e. The molecular weight excluding hydrogens is 792 g/mol. The summed E-state index contributed by atoms with van der Waals surface area (Å²) in [5, 5.41) is 12.4. The quantitative estimate of drug-likeness (QED) is 0.134. The van der Waals surface area contributed by atoms with Gasteiger partial charge in [0, 0.05) is 87.2 Å². The van der Waals surface area contributed by atoms with Gasteiger partial charge >= 0.3 is 17.8 Å². The monoisotopic (exact) mass is 844 g/mol. The molecule has 3 fully saturated rings. The van der Waals surface area contributed by atoms with Gasteiger partial charge in [0.2, 0.25) is 5.91 Å². The average Bonchev–Trinajstić information content (AvgIpc) is 3.78. The first-order valence-electron chi connectivity index (χ1n) is 21.2. The molecule has 0 radical (unpaired) electrons. The predicted octanol–water partition coefficient (Wildman–Crippen LogP) is 6.39. The predicted molar refractivity (Wildman–Crippen MR) is 234 cm³/mol. The maximum atomic E-state index is 15.7. The van der Waals surface area contributed by atoms with Gasteiger partial charge in [-0.1, -0.05) is 25.9 Å². The van der Waals surface area contributed by atoms with Crippen molar-refractivity contribution in [3.63, 3.8) is 0 Å². The van der Waals surface area contributed by atoms with Crippen LogP contribution in [0.25, 0.3) is 11.3 Å². The molecule has 3 saturated heterocycles. The Hall–Kier alpha value is -6.49. The number of halogens is 1. The van der Waals surface area contributed by atoms with Gasteiger partial charge in [-0.25, -0.2) is 24.1 Å². The maximum absolute atomic E-state index is 15.7. The molecule has 0 bridgehead atoms. The number of piperazine rings is 1. The summed E-state index contributed by atoms with van der Waals surface area (Å²) in [6, 6.07) is 16.0. The van der Waals surface area contributed by atoms with Crippen LogP contribution in [0.4, 0.5) is 37.9 Å². The molecule has 1 atom stereocenters. The van der Waals surface area contributed by atoms with Crippen molar-refractivity contribution in [1.82, 2.24) is 40.6 Å². The number of nitrogens with one attached hydrogen (secondary N) is 3. The van der Waals surface area contributed by atoms with Crippen molar-refractivity contribution >= 4 is 46.5 Å². The Morgan fingerprint density at radius 3 is 2.27 bits per heavy atom. The van der Waals surface area contributed by atoms with E-state index in [0.29, 0.717) is 53.2 Å². The molecule has 62 heavy (non-hydrogen) atoms. The molecular formula is C45H53FN12O4. The van der Waals surface area contributed by atoms with E-state index in [1.807, 2.05) is 52.1 Å². The minimum absolute atomic E-state index is 0.143. The first kappa shape index (κ1) is 42.2. The molecule has 16 nitrogen and oxygen atoms in total. The Labute approximate surface area is 360 Å². The van der Waals surface area contributed by atoms with Crippen LogP contribution in [0.2, 0.25) is 0 Å². The number of carbonyl (C=O) groups excluding carboxylic acids is 3. The second-order valence-electron chi connectivity index (χ2n) is 17.4. The first-order valence-corrected chi connectivity index (χ1v) is 21.2. The highest BCUT2D eigenvalue weighted by atomic mass is 19.1. The second kappa shape index (κ2) is 17.8. The zero-order valence-corrected chi connectivity index (χ0v) is 35.8. The van der Waals surface area contributed by atoms with E-state index in [4.69, 9.17) is 4.52 Å². The number of imide groups is 1. The van der Waals surface area contributed by atoms with Gasteiger partial charge in [0.15, 0.2) is 5.82 Å². The van der Waals surface area contributed by atoms with Crippen molar-refractivity contribution in [2.24, 2.45) is 5.92 Å². The number of aromatic nitrogens is 5. The molecule has 4 amide bonds. The molecule has 6 heterocycles. The van der Waals surface area contributed by atoms with Crippen molar-refractivity contribution in [1.29, 1.82) is 0 Å². The summed E-state index contributed by atoms with van der Waals surface area (Å²) >= 11 is 0. The average molecular weight is 845 g/mol. The number of benzene rings is 2. The number of piperidine rings is 1. The van der Waals surface area contributed by atoms with E-state index in [9.17, 15) is 14.4 Å². The highest BCUT2D eigenvalue weighted by Gasteiger charge is 2.28.